The molecule has 1 aliphatic heterocycles. The van der Waals surface area contributed by atoms with Gasteiger partial charge >= 0.3 is 5.97 Å². The molecule has 1 aliphatic rings. The number of piperidine rings is 1. The number of nitriles is 1. The normalized spacial score (nSPS) is 20.2. The average Bonchev–Trinajstić information content (AvgIpc) is 2.74. The highest BCUT2D eigenvalue weighted by Gasteiger charge is 2.37. The van der Waals surface area contributed by atoms with E-state index in [1.54, 1.807) is 0 Å². The highest BCUT2D eigenvalue weighted by Crippen LogP contribution is 2.30. The van der Waals surface area contributed by atoms with E-state index in [0.717, 1.165) is 32.4 Å². The second kappa shape index (κ2) is 9.34. The number of rotatable bonds is 6. The van der Waals surface area contributed by atoms with Gasteiger partial charge in [-0.3, -0.25) is 9.69 Å². The van der Waals surface area contributed by atoms with Crippen LogP contribution >= 0.6 is 0 Å². The molecule has 0 saturated carbocycles. The molecule has 0 amide bonds. The Balaban J connectivity index is 1.80. The monoisotopic (exact) mass is 362 g/mol. The maximum Gasteiger partial charge on any atom is 0.324 e. The first-order valence-electron chi connectivity index (χ1n) is 9.56. The molecule has 4 nitrogen and oxygen atoms in total. The second-order valence-electron chi connectivity index (χ2n) is 7.04. The smallest absolute Gasteiger partial charge is 0.324 e. The predicted molar refractivity (Wildman–Crippen MR) is 105 cm³/mol. The van der Waals surface area contributed by atoms with Crippen LogP contribution in [0.2, 0.25) is 0 Å². The summed E-state index contributed by atoms with van der Waals surface area (Å²) in [5.41, 5.74) is 2.54. The van der Waals surface area contributed by atoms with Gasteiger partial charge in [-0.2, -0.15) is 5.26 Å². The number of likely N-dealkylation sites (tertiary alicyclic amines) is 1. The van der Waals surface area contributed by atoms with E-state index >= 15 is 0 Å². The van der Waals surface area contributed by atoms with Crippen molar-refractivity contribution in [3.05, 3.63) is 71.8 Å². The fourth-order valence-electron chi connectivity index (χ4n) is 4.08. The number of ether oxygens (including phenoxy) is 1. The van der Waals surface area contributed by atoms with E-state index < -0.39 is 6.04 Å². The maximum absolute atomic E-state index is 12.3. The van der Waals surface area contributed by atoms with E-state index in [-0.39, 0.29) is 17.8 Å². The van der Waals surface area contributed by atoms with Gasteiger partial charge in [-0.15, -0.1) is 0 Å². The van der Waals surface area contributed by atoms with Gasteiger partial charge in [-0.05, 0) is 43.5 Å². The first-order valence-corrected chi connectivity index (χ1v) is 9.56. The highest BCUT2D eigenvalue weighted by atomic mass is 16.5. The number of carbonyl (C=O) groups excluding carboxylic acids is 1. The van der Waals surface area contributed by atoms with Gasteiger partial charge in [0, 0.05) is 5.92 Å². The topological polar surface area (TPSA) is 53.3 Å². The van der Waals surface area contributed by atoms with Crippen LogP contribution in [0.3, 0.4) is 0 Å². The van der Waals surface area contributed by atoms with Gasteiger partial charge in [0.25, 0.3) is 0 Å². The number of carbonyl (C=O) groups is 1. The Bertz CT molecular complexity index is 730. The zero-order chi connectivity index (χ0) is 19.1. The van der Waals surface area contributed by atoms with Crippen LogP contribution in [0, 0.1) is 17.2 Å². The zero-order valence-corrected chi connectivity index (χ0v) is 15.8. The number of esters is 1. The summed E-state index contributed by atoms with van der Waals surface area (Å²) < 4.78 is 5.00. The lowest BCUT2D eigenvalue weighted by Crippen LogP contribution is -2.50. The molecule has 2 unspecified atom stereocenters. The summed E-state index contributed by atoms with van der Waals surface area (Å²) in [6, 6.07) is 22.8. The van der Waals surface area contributed by atoms with Crippen molar-refractivity contribution in [2.45, 2.75) is 31.2 Å². The molecule has 0 spiro atoms. The predicted octanol–water partition coefficient (Wildman–Crippen LogP) is 3.99. The van der Waals surface area contributed by atoms with Gasteiger partial charge in [0.05, 0.1) is 19.1 Å². The summed E-state index contributed by atoms with van der Waals surface area (Å²) >= 11 is 0. The van der Waals surface area contributed by atoms with E-state index in [9.17, 15) is 10.1 Å². The second-order valence-corrected chi connectivity index (χ2v) is 7.04. The van der Waals surface area contributed by atoms with Gasteiger partial charge in [-0.1, -0.05) is 60.7 Å². The van der Waals surface area contributed by atoms with Crippen LogP contribution in [0.4, 0.5) is 0 Å². The minimum Gasteiger partial charge on any atom is -0.468 e. The Hall–Kier alpha value is -2.64. The fraction of sp³-hybridized carbons (Fsp3) is 0.391. The Kier molecular flexibility index (Phi) is 6.62. The zero-order valence-electron chi connectivity index (χ0n) is 15.8. The van der Waals surface area contributed by atoms with Crippen molar-refractivity contribution >= 4 is 5.97 Å². The van der Waals surface area contributed by atoms with Gasteiger partial charge < -0.3 is 4.74 Å². The van der Waals surface area contributed by atoms with Crippen LogP contribution in [0.1, 0.15) is 36.3 Å². The number of hydrogen-bond donors (Lipinski definition) is 0. The van der Waals surface area contributed by atoms with Crippen LogP contribution < -0.4 is 0 Å². The Morgan fingerprint density at radius 2 is 1.74 bits per heavy atom. The lowest BCUT2D eigenvalue weighted by molar-refractivity contribution is -0.149. The van der Waals surface area contributed by atoms with Crippen LogP contribution in [0.15, 0.2) is 60.7 Å². The van der Waals surface area contributed by atoms with Crippen molar-refractivity contribution in [2.24, 2.45) is 5.92 Å². The molecular weight excluding hydrogens is 336 g/mol. The van der Waals surface area contributed by atoms with Crippen molar-refractivity contribution in [1.29, 1.82) is 5.26 Å². The lowest BCUT2D eigenvalue weighted by Gasteiger charge is -2.37. The van der Waals surface area contributed by atoms with E-state index in [1.165, 1.54) is 18.2 Å². The van der Waals surface area contributed by atoms with Crippen molar-refractivity contribution in [2.75, 3.05) is 20.2 Å². The minimum atomic E-state index is -0.457. The maximum atomic E-state index is 12.3. The third kappa shape index (κ3) is 4.56. The van der Waals surface area contributed by atoms with E-state index in [2.05, 4.69) is 59.5 Å². The SMILES string of the molecule is COC(=O)C1C(C#N)CCCN1CCC(c1ccccc1)c1ccccc1. The molecule has 1 heterocycles. The molecular formula is C23H26N2O2. The molecule has 0 radical (unpaired) electrons. The third-order valence-corrected chi connectivity index (χ3v) is 5.45. The number of methoxy groups -OCH3 is 1. The molecule has 2 aromatic rings. The van der Waals surface area contributed by atoms with Crippen LogP contribution in [-0.2, 0) is 9.53 Å². The molecule has 0 bridgehead atoms. The Labute approximate surface area is 161 Å². The number of nitrogens with zero attached hydrogens (tertiary/aromatic N) is 2. The first-order chi connectivity index (χ1) is 13.2. The van der Waals surface area contributed by atoms with Crippen molar-refractivity contribution in [1.82, 2.24) is 4.90 Å². The summed E-state index contributed by atoms with van der Waals surface area (Å²) in [5.74, 6) is -0.330. The lowest BCUT2D eigenvalue weighted by atomic mass is 9.86. The molecule has 4 heteroatoms. The Morgan fingerprint density at radius 3 is 2.26 bits per heavy atom. The van der Waals surface area contributed by atoms with Crippen LogP contribution in [0.25, 0.3) is 0 Å². The van der Waals surface area contributed by atoms with Gasteiger partial charge in [0.1, 0.15) is 6.04 Å². The molecule has 27 heavy (non-hydrogen) atoms. The number of benzene rings is 2. The standard InChI is InChI=1S/C23H26N2O2/c1-27-23(26)22-20(17-24)13-8-15-25(22)16-14-21(18-9-4-2-5-10-18)19-11-6-3-7-12-19/h2-7,9-12,20-22H,8,13-16H2,1H3. The molecule has 140 valence electrons. The largest absolute Gasteiger partial charge is 0.468 e. The van der Waals surface area contributed by atoms with E-state index in [0.29, 0.717) is 0 Å². The van der Waals surface area contributed by atoms with Gasteiger partial charge in [-0.25, -0.2) is 0 Å². The molecule has 3 rings (SSSR count). The highest BCUT2D eigenvalue weighted by molar-refractivity contribution is 5.76. The number of hydrogen-bond acceptors (Lipinski definition) is 4. The molecule has 1 fully saturated rings. The summed E-state index contributed by atoms with van der Waals surface area (Å²) in [5, 5.41) is 9.47. The van der Waals surface area contributed by atoms with Crippen LogP contribution in [0.5, 0.6) is 0 Å². The Morgan fingerprint density at radius 1 is 1.15 bits per heavy atom. The third-order valence-electron chi connectivity index (χ3n) is 5.45. The van der Waals surface area contributed by atoms with Crippen LogP contribution in [-0.4, -0.2) is 37.1 Å². The van der Waals surface area contributed by atoms with Gasteiger partial charge in [0.15, 0.2) is 0 Å². The summed E-state index contributed by atoms with van der Waals surface area (Å²) in [7, 11) is 1.40. The molecule has 0 aromatic heterocycles. The summed E-state index contributed by atoms with van der Waals surface area (Å²) in [4.78, 5) is 14.5. The first kappa shape index (κ1) is 19.1. The molecule has 2 aromatic carbocycles. The molecule has 0 aliphatic carbocycles. The van der Waals surface area contributed by atoms with E-state index in [4.69, 9.17) is 4.74 Å². The summed E-state index contributed by atoms with van der Waals surface area (Å²) in [6.07, 6.45) is 2.58. The molecule has 0 N–H and O–H groups in total. The van der Waals surface area contributed by atoms with Crippen molar-refractivity contribution in [3.8, 4) is 6.07 Å². The molecule has 1 saturated heterocycles. The average molecular weight is 362 g/mol. The summed E-state index contributed by atoms with van der Waals surface area (Å²) in [6.45, 7) is 1.58. The molecule has 2 atom stereocenters. The fourth-order valence-corrected chi connectivity index (χ4v) is 4.08. The quantitative estimate of drug-likeness (QED) is 0.729. The van der Waals surface area contributed by atoms with Crippen molar-refractivity contribution in [3.63, 3.8) is 0 Å². The van der Waals surface area contributed by atoms with Gasteiger partial charge in [0.2, 0.25) is 0 Å². The van der Waals surface area contributed by atoms with Crippen molar-refractivity contribution < 1.29 is 9.53 Å². The van der Waals surface area contributed by atoms with E-state index in [1.807, 2.05) is 12.1 Å². The minimum absolute atomic E-state index is 0.258.